The van der Waals surface area contributed by atoms with Gasteiger partial charge >= 0.3 is 0 Å². The normalized spacial score (nSPS) is 11.8. The molecule has 0 aromatic heterocycles. The Hall–Kier alpha value is -3.54. The molecule has 0 unspecified atom stereocenters. The lowest BCUT2D eigenvalue weighted by Crippen LogP contribution is -2.33. The quantitative estimate of drug-likeness (QED) is 0.317. The molecule has 2 aromatic carbocycles. The Morgan fingerprint density at radius 2 is 1.27 bits per heavy atom. The van der Waals surface area contributed by atoms with E-state index in [1.807, 2.05) is 0 Å². The predicted octanol–water partition coefficient (Wildman–Crippen LogP) is 5.71. The number of rotatable bonds is 12. The molecule has 2 aromatic rings. The minimum atomic E-state index is -0.351. The Bertz CT molecular complexity index is 1020. The van der Waals surface area contributed by atoms with Crippen LogP contribution in [0.15, 0.2) is 48.6 Å². The minimum absolute atomic E-state index is 0.00820. The Labute approximate surface area is 195 Å². The summed E-state index contributed by atoms with van der Waals surface area (Å²) in [6, 6.07) is 9.60. The average Bonchev–Trinajstić information content (AvgIpc) is 2.82. The zero-order valence-corrected chi connectivity index (χ0v) is 19.6. The maximum Gasteiger partial charge on any atom is 0.163 e. The van der Waals surface area contributed by atoms with Crippen molar-refractivity contribution in [1.82, 2.24) is 0 Å². The lowest BCUT2D eigenvalue weighted by molar-refractivity contribution is -0.121. The van der Waals surface area contributed by atoms with Crippen LogP contribution in [0, 0.1) is 0 Å². The maximum absolute atomic E-state index is 12.2. The number of phenols is 2. The predicted molar refractivity (Wildman–Crippen MR) is 130 cm³/mol. The number of carbonyl (C=O) groups is 2. The number of phenolic OH excluding ortho intramolecular Hbond substituents is 2. The summed E-state index contributed by atoms with van der Waals surface area (Å²) in [5, 5.41) is 19.8. The zero-order valence-electron chi connectivity index (χ0n) is 19.6. The van der Waals surface area contributed by atoms with Crippen LogP contribution in [0.1, 0.15) is 57.6 Å². The summed E-state index contributed by atoms with van der Waals surface area (Å²) in [6.45, 7) is 6.16. The van der Waals surface area contributed by atoms with E-state index in [9.17, 15) is 19.8 Å². The van der Waals surface area contributed by atoms with E-state index in [4.69, 9.17) is 9.47 Å². The van der Waals surface area contributed by atoms with Crippen LogP contribution in [0.2, 0.25) is 0 Å². The van der Waals surface area contributed by atoms with Gasteiger partial charge in [0.1, 0.15) is 5.60 Å². The molecule has 6 nitrogen and oxygen atoms in total. The van der Waals surface area contributed by atoms with Gasteiger partial charge in [0.15, 0.2) is 34.6 Å². The Morgan fingerprint density at radius 3 is 1.73 bits per heavy atom. The first-order valence-corrected chi connectivity index (χ1v) is 11.1. The topological polar surface area (TPSA) is 93.1 Å². The van der Waals surface area contributed by atoms with Crippen molar-refractivity contribution >= 4 is 23.7 Å². The molecule has 6 heteroatoms. The second-order valence-corrected chi connectivity index (χ2v) is 7.78. The van der Waals surface area contributed by atoms with E-state index in [1.54, 1.807) is 36.4 Å². The Balaban J connectivity index is 2.03. The highest BCUT2D eigenvalue weighted by molar-refractivity contribution is 6.10. The summed E-state index contributed by atoms with van der Waals surface area (Å²) in [5.74, 6) is 0.0464. The van der Waals surface area contributed by atoms with E-state index in [1.165, 1.54) is 31.4 Å². The summed E-state index contributed by atoms with van der Waals surface area (Å²) in [5.41, 5.74) is 1.00. The highest BCUT2D eigenvalue weighted by atomic mass is 16.5. The molecule has 0 aliphatic heterocycles. The zero-order chi connectivity index (χ0) is 24.4. The number of carbonyl (C=O) groups excluding carboxylic acids is 2. The molecule has 0 amide bonds. The molecule has 0 atom stereocenters. The summed E-state index contributed by atoms with van der Waals surface area (Å²) in [4.78, 5) is 24.4. The summed E-state index contributed by atoms with van der Waals surface area (Å²) in [7, 11) is 1.44. The lowest BCUT2D eigenvalue weighted by atomic mass is 9.94. The van der Waals surface area contributed by atoms with E-state index in [0.717, 1.165) is 19.3 Å². The van der Waals surface area contributed by atoms with Crippen molar-refractivity contribution in [3.8, 4) is 23.0 Å². The van der Waals surface area contributed by atoms with Gasteiger partial charge in [-0.25, -0.2) is 0 Å². The molecule has 0 saturated carbocycles. The third-order valence-electron chi connectivity index (χ3n) is 5.72. The molecule has 2 rings (SSSR count). The molecular weight excluding hydrogens is 420 g/mol. The number of hydrogen-bond acceptors (Lipinski definition) is 6. The highest BCUT2D eigenvalue weighted by Crippen LogP contribution is 2.34. The van der Waals surface area contributed by atoms with Crippen molar-refractivity contribution < 1.29 is 29.3 Å². The van der Waals surface area contributed by atoms with Crippen molar-refractivity contribution in [1.29, 1.82) is 0 Å². The van der Waals surface area contributed by atoms with Gasteiger partial charge in [0, 0.05) is 0 Å². The van der Waals surface area contributed by atoms with Gasteiger partial charge in [-0.05, 0) is 66.8 Å². The summed E-state index contributed by atoms with van der Waals surface area (Å²) >= 11 is 0. The van der Waals surface area contributed by atoms with Gasteiger partial charge in [0.25, 0.3) is 0 Å². The van der Waals surface area contributed by atoms with Crippen LogP contribution in [-0.4, -0.2) is 34.5 Å². The molecular formula is C27H32O6. The van der Waals surface area contributed by atoms with E-state index < -0.39 is 0 Å². The van der Waals surface area contributed by atoms with Gasteiger partial charge in [-0.3, -0.25) is 9.59 Å². The third-order valence-corrected chi connectivity index (χ3v) is 5.72. The van der Waals surface area contributed by atoms with Gasteiger partial charge < -0.3 is 19.7 Å². The fourth-order valence-electron chi connectivity index (χ4n) is 3.38. The monoisotopic (exact) mass is 452 g/mol. The van der Waals surface area contributed by atoms with Gasteiger partial charge in [-0.15, -0.1) is 0 Å². The van der Waals surface area contributed by atoms with E-state index in [2.05, 4.69) is 20.8 Å². The molecule has 0 fully saturated rings. The van der Waals surface area contributed by atoms with Crippen molar-refractivity contribution in [2.75, 3.05) is 7.11 Å². The highest BCUT2D eigenvalue weighted by Gasteiger charge is 2.27. The summed E-state index contributed by atoms with van der Waals surface area (Å²) in [6.07, 6.45) is 7.99. The Kier molecular flexibility index (Phi) is 9.28. The molecule has 0 spiro atoms. The fourth-order valence-corrected chi connectivity index (χ4v) is 3.38. The number of allylic oxidation sites excluding steroid dienone is 2. The van der Waals surface area contributed by atoms with Crippen molar-refractivity contribution in [3.05, 3.63) is 59.7 Å². The fraction of sp³-hybridized carbons (Fsp3) is 0.333. The second-order valence-electron chi connectivity index (χ2n) is 7.78. The molecule has 0 aliphatic rings. The van der Waals surface area contributed by atoms with Gasteiger partial charge in [0.2, 0.25) is 0 Å². The number of hydrogen-bond donors (Lipinski definition) is 2. The molecule has 0 bridgehead atoms. The van der Waals surface area contributed by atoms with E-state index in [0.29, 0.717) is 22.6 Å². The minimum Gasteiger partial charge on any atom is -0.504 e. The average molecular weight is 453 g/mol. The Morgan fingerprint density at radius 1 is 0.818 bits per heavy atom. The third kappa shape index (κ3) is 7.24. The van der Waals surface area contributed by atoms with E-state index >= 15 is 0 Å². The van der Waals surface area contributed by atoms with Crippen molar-refractivity contribution in [2.45, 2.75) is 52.1 Å². The molecule has 0 heterocycles. The standard InChI is InChI=1S/C27H32O6/c1-5-27(6-2,7-3)33-26-17-20(11-15-24(26)31)9-13-22(29)18-21(28)12-8-19-10-14-23(30)25(16-19)32-4/h8-17,30-31H,5-7,18H2,1-4H3/b12-8+,13-9+. The molecule has 0 saturated heterocycles. The molecule has 33 heavy (non-hydrogen) atoms. The van der Waals surface area contributed by atoms with Crippen molar-refractivity contribution in [3.63, 3.8) is 0 Å². The van der Waals surface area contributed by atoms with Crippen molar-refractivity contribution in [2.24, 2.45) is 0 Å². The number of methoxy groups -OCH3 is 1. The largest absolute Gasteiger partial charge is 0.504 e. The number of ketones is 2. The number of ether oxygens (including phenoxy) is 2. The smallest absolute Gasteiger partial charge is 0.163 e. The van der Waals surface area contributed by atoms with E-state index in [-0.39, 0.29) is 35.1 Å². The first-order chi connectivity index (χ1) is 15.8. The summed E-state index contributed by atoms with van der Waals surface area (Å²) < 4.78 is 11.2. The van der Waals surface area contributed by atoms with Gasteiger partial charge in [-0.1, -0.05) is 45.1 Å². The van der Waals surface area contributed by atoms with Crippen LogP contribution in [0.5, 0.6) is 23.0 Å². The van der Waals surface area contributed by atoms with Crippen LogP contribution < -0.4 is 9.47 Å². The van der Waals surface area contributed by atoms with Crippen LogP contribution >= 0.6 is 0 Å². The second kappa shape index (κ2) is 11.9. The SMILES string of the molecule is CCC(CC)(CC)Oc1cc(/C=C/C(=O)CC(=O)/C=C/c2ccc(O)c(OC)c2)ccc1O. The first-order valence-electron chi connectivity index (χ1n) is 11.1. The van der Waals surface area contributed by atoms with Crippen LogP contribution in [-0.2, 0) is 9.59 Å². The lowest BCUT2D eigenvalue weighted by Gasteiger charge is -2.32. The van der Waals surface area contributed by atoms with Crippen LogP contribution in [0.4, 0.5) is 0 Å². The molecule has 0 radical (unpaired) electrons. The maximum atomic E-state index is 12.2. The molecule has 0 aliphatic carbocycles. The van der Waals surface area contributed by atoms with Crippen LogP contribution in [0.25, 0.3) is 12.2 Å². The number of benzene rings is 2. The molecule has 2 N–H and O–H groups in total. The van der Waals surface area contributed by atoms with Gasteiger partial charge in [-0.2, -0.15) is 0 Å². The molecule has 176 valence electrons. The van der Waals surface area contributed by atoms with Gasteiger partial charge in [0.05, 0.1) is 13.5 Å². The van der Waals surface area contributed by atoms with Crippen LogP contribution in [0.3, 0.4) is 0 Å². The first kappa shape index (κ1) is 25.7. The number of aromatic hydroxyl groups is 2.